The van der Waals surface area contributed by atoms with E-state index < -0.39 is 12.0 Å². The molecule has 0 spiro atoms. The number of carbonyl (C=O) groups is 2. The highest BCUT2D eigenvalue weighted by Crippen LogP contribution is 2.30. The highest BCUT2D eigenvalue weighted by atomic mass is 16.5. The standard InChI is InChI=1S/C27H33N3O5/c1-3-34-26(31)24-23(28-27(32)29-25(24)20-11-13-21(33-2)14-12-20)18-30(17-22-10-7-15-35-22)16-19-8-5-4-6-9-19/h4-6,8-9,11-14,22,25H,3,7,10,15-18H2,1-2H3,(H2,28,29,32). The van der Waals surface area contributed by atoms with E-state index in [4.69, 9.17) is 14.2 Å². The van der Waals surface area contributed by atoms with Crippen molar-refractivity contribution in [3.8, 4) is 5.75 Å². The lowest BCUT2D eigenvalue weighted by atomic mass is 9.94. The number of benzene rings is 2. The van der Waals surface area contributed by atoms with Crippen LogP contribution in [-0.4, -0.2) is 56.4 Å². The van der Waals surface area contributed by atoms with Crippen LogP contribution in [0.15, 0.2) is 65.9 Å². The Balaban J connectivity index is 1.68. The van der Waals surface area contributed by atoms with Crippen LogP contribution in [0.4, 0.5) is 4.79 Å². The summed E-state index contributed by atoms with van der Waals surface area (Å²) in [5.41, 5.74) is 2.87. The molecule has 8 nitrogen and oxygen atoms in total. The van der Waals surface area contributed by atoms with Crippen molar-refractivity contribution in [2.75, 3.05) is 33.4 Å². The number of nitrogens with one attached hydrogen (secondary N) is 2. The van der Waals surface area contributed by atoms with E-state index in [0.29, 0.717) is 36.7 Å². The van der Waals surface area contributed by atoms with Gasteiger partial charge in [-0.1, -0.05) is 42.5 Å². The first-order valence-corrected chi connectivity index (χ1v) is 12.1. The average Bonchev–Trinajstić information content (AvgIpc) is 3.37. The summed E-state index contributed by atoms with van der Waals surface area (Å²) in [4.78, 5) is 28.1. The van der Waals surface area contributed by atoms with Gasteiger partial charge in [-0.15, -0.1) is 0 Å². The van der Waals surface area contributed by atoms with Crippen LogP contribution in [0.1, 0.15) is 36.9 Å². The Hall–Kier alpha value is -3.36. The van der Waals surface area contributed by atoms with Crippen molar-refractivity contribution >= 4 is 12.0 Å². The molecule has 8 heteroatoms. The van der Waals surface area contributed by atoms with Crippen LogP contribution in [0, 0.1) is 0 Å². The quantitative estimate of drug-likeness (QED) is 0.507. The number of ether oxygens (including phenoxy) is 3. The summed E-state index contributed by atoms with van der Waals surface area (Å²) < 4.78 is 16.6. The molecule has 0 aliphatic carbocycles. The molecule has 2 N–H and O–H groups in total. The summed E-state index contributed by atoms with van der Waals surface area (Å²) in [5.74, 6) is 0.245. The second kappa shape index (κ2) is 11.9. The zero-order chi connectivity index (χ0) is 24.6. The van der Waals surface area contributed by atoms with Crippen molar-refractivity contribution in [1.29, 1.82) is 0 Å². The second-order valence-corrected chi connectivity index (χ2v) is 8.71. The molecule has 1 saturated heterocycles. The molecule has 0 aromatic heterocycles. The van der Waals surface area contributed by atoms with Gasteiger partial charge in [-0.3, -0.25) is 4.90 Å². The van der Waals surface area contributed by atoms with E-state index in [2.05, 4.69) is 27.7 Å². The maximum atomic E-state index is 13.2. The first-order valence-electron chi connectivity index (χ1n) is 12.1. The molecule has 0 saturated carbocycles. The van der Waals surface area contributed by atoms with Gasteiger partial charge >= 0.3 is 12.0 Å². The highest BCUT2D eigenvalue weighted by Gasteiger charge is 2.34. The molecule has 1 fully saturated rings. The summed E-state index contributed by atoms with van der Waals surface area (Å²) in [6.07, 6.45) is 2.17. The molecule has 2 aliphatic heterocycles. The molecule has 2 atom stereocenters. The summed E-state index contributed by atoms with van der Waals surface area (Å²) in [6, 6.07) is 16.5. The molecular formula is C27H33N3O5. The lowest BCUT2D eigenvalue weighted by Gasteiger charge is -2.33. The Kier molecular flexibility index (Phi) is 8.39. The third-order valence-electron chi connectivity index (χ3n) is 6.21. The molecule has 35 heavy (non-hydrogen) atoms. The van der Waals surface area contributed by atoms with Crippen LogP contribution in [-0.2, 0) is 20.8 Å². The number of rotatable bonds is 10. The molecule has 2 heterocycles. The van der Waals surface area contributed by atoms with Gasteiger partial charge in [-0.2, -0.15) is 0 Å². The molecule has 0 bridgehead atoms. The summed E-state index contributed by atoms with van der Waals surface area (Å²) >= 11 is 0. The van der Waals surface area contributed by atoms with Gasteiger partial charge in [-0.05, 0) is 43.0 Å². The van der Waals surface area contributed by atoms with Crippen molar-refractivity contribution in [2.45, 2.75) is 38.5 Å². The number of urea groups is 1. The van der Waals surface area contributed by atoms with E-state index in [1.165, 1.54) is 0 Å². The minimum absolute atomic E-state index is 0.125. The molecular weight excluding hydrogens is 446 g/mol. The van der Waals surface area contributed by atoms with Gasteiger partial charge in [0.15, 0.2) is 0 Å². The van der Waals surface area contributed by atoms with E-state index in [0.717, 1.165) is 30.6 Å². The molecule has 2 amide bonds. The lowest BCUT2D eigenvalue weighted by molar-refractivity contribution is -0.139. The molecule has 186 valence electrons. The van der Waals surface area contributed by atoms with Gasteiger partial charge in [-0.25, -0.2) is 9.59 Å². The number of methoxy groups -OCH3 is 1. The van der Waals surface area contributed by atoms with Crippen LogP contribution >= 0.6 is 0 Å². The zero-order valence-corrected chi connectivity index (χ0v) is 20.3. The first-order chi connectivity index (χ1) is 17.1. The predicted molar refractivity (Wildman–Crippen MR) is 132 cm³/mol. The Morgan fingerprint density at radius 1 is 1.11 bits per heavy atom. The van der Waals surface area contributed by atoms with Gasteiger partial charge in [0.1, 0.15) is 5.75 Å². The fraction of sp³-hybridized carbons (Fsp3) is 0.407. The third kappa shape index (κ3) is 6.41. The Morgan fingerprint density at radius 3 is 2.54 bits per heavy atom. The predicted octanol–water partition coefficient (Wildman–Crippen LogP) is 3.55. The van der Waals surface area contributed by atoms with Crippen molar-refractivity contribution in [3.05, 3.63) is 77.0 Å². The van der Waals surface area contributed by atoms with Crippen LogP contribution in [0.5, 0.6) is 5.75 Å². The first kappa shape index (κ1) is 24.8. The number of nitrogens with zero attached hydrogens (tertiary/aromatic N) is 1. The molecule has 4 rings (SSSR count). The van der Waals surface area contributed by atoms with Crippen LogP contribution in [0.2, 0.25) is 0 Å². The minimum atomic E-state index is -0.634. The second-order valence-electron chi connectivity index (χ2n) is 8.71. The molecule has 2 unspecified atom stereocenters. The van der Waals surface area contributed by atoms with E-state index >= 15 is 0 Å². The minimum Gasteiger partial charge on any atom is -0.497 e. The maximum absolute atomic E-state index is 13.2. The topological polar surface area (TPSA) is 89.1 Å². The molecule has 2 aliphatic rings. The van der Waals surface area contributed by atoms with Crippen molar-refractivity contribution in [1.82, 2.24) is 15.5 Å². The van der Waals surface area contributed by atoms with Crippen molar-refractivity contribution < 1.29 is 23.8 Å². The van der Waals surface area contributed by atoms with E-state index in [-0.39, 0.29) is 18.7 Å². The van der Waals surface area contributed by atoms with Gasteiger partial charge in [0.25, 0.3) is 0 Å². The fourth-order valence-corrected chi connectivity index (χ4v) is 4.57. The number of amides is 2. The van der Waals surface area contributed by atoms with Gasteiger partial charge in [0, 0.05) is 31.9 Å². The van der Waals surface area contributed by atoms with E-state index in [1.807, 2.05) is 42.5 Å². The van der Waals surface area contributed by atoms with Crippen molar-refractivity contribution in [2.24, 2.45) is 0 Å². The maximum Gasteiger partial charge on any atom is 0.338 e. The lowest BCUT2D eigenvalue weighted by Crippen LogP contribution is -2.49. The largest absolute Gasteiger partial charge is 0.497 e. The molecule has 0 radical (unpaired) electrons. The number of carbonyl (C=O) groups excluding carboxylic acids is 2. The highest BCUT2D eigenvalue weighted by molar-refractivity contribution is 5.95. The van der Waals surface area contributed by atoms with Crippen LogP contribution in [0.25, 0.3) is 0 Å². The van der Waals surface area contributed by atoms with Crippen molar-refractivity contribution in [3.63, 3.8) is 0 Å². The Labute approximate surface area is 206 Å². The van der Waals surface area contributed by atoms with Gasteiger partial charge in [0.2, 0.25) is 0 Å². The number of esters is 1. The molecule has 2 aromatic rings. The number of hydrogen-bond donors (Lipinski definition) is 2. The Morgan fingerprint density at radius 2 is 1.89 bits per heavy atom. The Bertz CT molecular complexity index is 1030. The monoisotopic (exact) mass is 479 g/mol. The normalized spacial score (nSPS) is 19.9. The summed E-state index contributed by atoms with van der Waals surface area (Å²) in [6.45, 7) is 4.52. The summed E-state index contributed by atoms with van der Waals surface area (Å²) in [7, 11) is 1.60. The van der Waals surface area contributed by atoms with Gasteiger partial charge < -0.3 is 24.8 Å². The number of hydrogen-bond acceptors (Lipinski definition) is 6. The SMILES string of the molecule is CCOC(=O)C1=C(CN(Cc2ccccc2)CC2CCCO2)NC(=O)NC1c1ccc(OC)cc1. The zero-order valence-electron chi connectivity index (χ0n) is 20.3. The van der Waals surface area contributed by atoms with Crippen LogP contribution < -0.4 is 15.4 Å². The average molecular weight is 480 g/mol. The van der Waals surface area contributed by atoms with Crippen LogP contribution in [0.3, 0.4) is 0 Å². The van der Waals surface area contributed by atoms with E-state index in [9.17, 15) is 9.59 Å². The smallest absolute Gasteiger partial charge is 0.338 e. The van der Waals surface area contributed by atoms with E-state index in [1.54, 1.807) is 14.0 Å². The summed E-state index contributed by atoms with van der Waals surface area (Å²) in [5, 5.41) is 5.78. The third-order valence-corrected chi connectivity index (χ3v) is 6.21. The molecule has 2 aromatic carbocycles. The van der Waals surface area contributed by atoms with Gasteiger partial charge in [0.05, 0.1) is 31.4 Å². The fourth-order valence-electron chi connectivity index (χ4n) is 4.57.